The van der Waals surface area contributed by atoms with E-state index >= 15 is 0 Å². The Labute approximate surface area is 117 Å². The maximum atomic E-state index is 13.1. The van der Waals surface area contributed by atoms with Crippen molar-refractivity contribution in [3.8, 4) is 0 Å². The maximum Gasteiger partial charge on any atom is 0.183 e. The summed E-state index contributed by atoms with van der Waals surface area (Å²) < 4.78 is 14.1. The molecule has 0 unspecified atom stereocenters. The van der Waals surface area contributed by atoms with Crippen molar-refractivity contribution in [2.45, 2.75) is 27.7 Å². The van der Waals surface area contributed by atoms with E-state index in [1.54, 1.807) is 17.4 Å². The lowest BCUT2D eigenvalue weighted by atomic mass is 10.0. The number of halogens is 1. The SMILES string of the molecule is CC1(C)C(CNc2nc3cc(F)ccc3s2)C1(C)C. The third kappa shape index (κ3) is 1.93. The van der Waals surface area contributed by atoms with Gasteiger partial charge in [0.15, 0.2) is 5.13 Å². The molecule has 1 aromatic carbocycles. The molecule has 1 aromatic heterocycles. The molecule has 0 spiro atoms. The van der Waals surface area contributed by atoms with Crippen LogP contribution in [-0.2, 0) is 0 Å². The Balaban J connectivity index is 1.73. The highest BCUT2D eigenvalue weighted by Crippen LogP contribution is 2.68. The van der Waals surface area contributed by atoms with Crippen molar-refractivity contribution in [3.05, 3.63) is 24.0 Å². The molecule has 1 saturated carbocycles. The van der Waals surface area contributed by atoms with Crippen LogP contribution in [0.4, 0.5) is 9.52 Å². The minimum absolute atomic E-state index is 0.228. The Hall–Kier alpha value is -1.16. The Kier molecular flexibility index (Phi) is 2.65. The molecule has 0 amide bonds. The van der Waals surface area contributed by atoms with E-state index in [1.807, 2.05) is 0 Å². The highest BCUT2D eigenvalue weighted by Gasteiger charge is 2.64. The van der Waals surface area contributed by atoms with Crippen molar-refractivity contribution in [1.82, 2.24) is 4.98 Å². The van der Waals surface area contributed by atoms with Gasteiger partial charge in [0.2, 0.25) is 0 Å². The summed E-state index contributed by atoms with van der Waals surface area (Å²) in [6.07, 6.45) is 0. The summed E-state index contributed by atoms with van der Waals surface area (Å²) in [5.41, 5.74) is 1.49. The minimum atomic E-state index is -0.228. The molecule has 4 heteroatoms. The number of fused-ring (bicyclic) bond motifs is 1. The lowest BCUT2D eigenvalue weighted by Gasteiger charge is -2.04. The number of hydrogen-bond donors (Lipinski definition) is 1. The molecular formula is C15H19FN2S. The number of hydrogen-bond acceptors (Lipinski definition) is 3. The van der Waals surface area contributed by atoms with Gasteiger partial charge in [0.1, 0.15) is 5.82 Å². The van der Waals surface area contributed by atoms with Crippen molar-refractivity contribution in [1.29, 1.82) is 0 Å². The molecule has 0 saturated heterocycles. The number of benzene rings is 1. The number of thiazole rings is 1. The van der Waals surface area contributed by atoms with Crippen LogP contribution in [0.15, 0.2) is 18.2 Å². The first kappa shape index (κ1) is 12.9. The predicted octanol–water partition coefficient (Wildman–Crippen LogP) is 4.53. The Bertz CT molecular complexity index is 616. The molecule has 2 nitrogen and oxygen atoms in total. The fourth-order valence-corrected chi connectivity index (χ4v) is 3.86. The largest absolute Gasteiger partial charge is 0.361 e. The van der Waals surface area contributed by atoms with Gasteiger partial charge in [-0.05, 0) is 28.9 Å². The van der Waals surface area contributed by atoms with Gasteiger partial charge in [0, 0.05) is 12.6 Å². The van der Waals surface area contributed by atoms with Crippen LogP contribution < -0.4 is 5.32 Å². The minimum Gasteiger partial charge on any atom is -0.361 e. The van der Waals surface area contributed by atoms with Crippen LogP contribution in [0.5, 0.6) is 0 Å². The van der Waals surface area contributed by atoms with Crippen molar-refractivity contribution in [2.75, 3.05) is 11.9 Å². The maximum absolute atomic E-state index is 13.1. The zero-order chi connectivity index (χ0) is 13.8. The summed E-state index contributed by atoms with van der Waals surface area (Å²) >= 11 is 1.59. The summed E-state index contributed by atoms with van der Waals surface area (Å²) in [5, 5.41) is 4.30. The van der Waals surface area contributed by atoms with Gasteiger partial charge in [-0.3, -0.25) is 0 Å². The summed E-state index contributed by atoms with van der Waals surface area (Å²) in [4.78, 5) is 4.44. The summed E-state index contributed by atoms with van der Waals surface area (Å²) in [7, 11) is 0. The fraction of sp³-hybridized carbons (Fsp3) is 0.533. The van der Waals surface area contributed by atoms with Gasteiger partial charge in [0.25, 0.3) is 0 Å². The molecule has 3 rings (SSSR count). The van der Waals surface area contributed by atoms with E-state index in [9.17, 15) is 4.39 Å². The van der Waals surface area contributed by atoms with Gasteiger partial charge < -0.3 is 5.32 Å². The van der Waals surface area contributed by atoms with E-state index in [2.05, 4.69) is 38.0 Å². The van der Waals surface area contributed by atoms with Crippen LogP contribution in [0.3, 0.4) is 0 Å². The second-order valence-electron chi connectivity index (χ2n) is 6.51. The van der Waals surface area contributed by atoms with Crippen molar-refractivity contribution < 1.29 is 4.39 Å². The van der Waals surface area contributed by atoms with Gasteiger partial charge in [-0.15, -0.1) is 0 Å². The smallest absolute Gasteiger partial charge is 0.183 e. The highest BCUT2D eigenvalue weighted by molar-refractivity contribution is 7.22. The number of nitrogens with zero attached hydrogens (tertiary/aromatic N) is 1. The van der Waals surface area contributed by atoms with Gasteiger partial charge in [-0.1, -0.05) is 39.0 Å². The van der Waals surface area contributed by atoms with Crippen LogP contribution in [-0.4, -0.2) is 11.5 Å². The zero-order valence-corrected chi connectivity index (χ0v) is 12.6. The second kappa shape index (κ2) is 3.92. The van der Waals surface area contributed by atoms with Crippen molar-refractivity contribution >= 4 is 26.7 Å². The van der Waals surface area contributed by atoms with E-state index < -0.39 is 0 Å². The Morgan fingerprint density at radius 3 is 2.58 bits per heavy atom. The monoisotopic (exact) mass is 278 g/mol. The third-order valence-electron chi connectivity index (χ3n) is 5.13. The van der Waals surface area contributed by atoms with Crippen LogP contribution in [0, 0.1) is 22.6 Å². The van der Waals surface area contributed by atoms with E-state index in [-0.39, 0.29) is 5.82 Å². The number of nitrogens with one attached hydrogen (secondary N) is 1. The average molecular weight is 278 g/mol. The molecule has 1 aliphatic carbocycles. The topological polar surface area (TPSA) is 24.9 Å². The normalized spacial score (nSPS) is 20.7. The summed E-state index contributed by atoms with van der Waals surface area (Å²) in [6, 6.07) is 4.76. The van der Waals surface area contributed by atoms with Crippen molar-refractivity contribution in [2.24, 2.45) is 16.7 Å². The van der Waals surface area contributed by atoms with E-state index in [4.69, 9.17) is 0 Å². The standard InChI is InChI=1S/C15H19FN2S/c1-14(2)12(15(14,3)4)8-17-13-18-10-7-9(16)5-6-11(10)19-13/h5-7,12H,8H2,1-4H3,(H,17,18). The Morgan fingerprint density at radius 2 is 1.95 bits per heavy atom. The lowest BCUT2D eigenvalue weighted by Crippen LogP contribution is -2.07. The van der Waals surface area contributed by atoms with E-state index in [1.165, 1.54) is 12.1 Å². The quantitative estimate of drug-likeness (QED) is 0.892. The lowest BCUT2D eigenvalue weighted by molar-refractivity contribution is 0.457. The Morgan fingerprint density at radius 1 is 1.26 bits per heavy atom. The molecule has 0 atom stereocenters. The molecule has 0 bridgehead atoms. The van der Waals surface area contributed by atoms with Gasteiger partial charge in [-0.25, -0.2) is 9.37 Å². The molecule has 1 N–H and O–H groups in total. The van der Waals surface area contributed by atoms with Crippen LogP contribution in [0.25, 0.3) is 10.2 Å². The first-order chi connectivity index (χ1) is 8.82. The summed E-state index contributed by atoms with van der Waals surface area (Å²) in [5.74, 6) is 0.428. The van der Waals surface area contributed by atoms with Gasteiger partial charge in [0.05, 0.1) is 10.2 Å². The molecule has 0 radical (unpaired) electrons. The van der Waals surface area contributed by atoms with Crippen LogP contribution in [0.2, 0.25) is 0 Å². The first-order valence-corrected chi connectivity index (χ1v) is 7.44. The molecule has 1 aliphatic rings. The molecule has 1 fully saturated rings. The predicted molar refractivity (Wildman–Crippen MR) is 79.1 cm³/mol. The van der Waals surface area contributed by atoms with Crippen LogP contribution >= 0.6 is 11.3 Å². The zero-order valence-electron chi connectivity index (χ0n) is 11.7. The van der Waals surface area contributed by atoms with E-state index in [0.29, 0.717) is 16.7 Å². The molecule has 2 aromatic rings. The van der Waals surface area contributed by atoms with Gasteiger partial charge >= 0.3 is 0 Å². The van der Waals surface area contributed by atoms with Crippen molar-refractivity contribution in [3.63, 3.8) is 0 Å². The molecular weight excluding hydrogens is 259 g/mol. The molecule has 0 aliphatic heterocycles. The highest BCUT2D eigenvalue weighted by atomic mass is 32.1. The molecule has 19 heavy (non-hydrogen) atoms. The first-order valence-electron chi connectivity index (χ1n) is 6.62. The third-order valence-corrected chi connectivity index (χ3v) is 6.12. The fourth-order valence-electron chi connectivity index (χ4n) is 3.01. The number of anilines is 1. The number of aromatic nitrogens is 1. The van der Waals surface area contributed by atoms with Crippen LogP contribution in [0.1, 0.15) is 27.7 Å². The molecule has 1 heterocycles. The molecule has 102 valence electrons. The average Bonchev–Trinajstić information content (AvgIpc) is 2.63. The number of rotatable bonds is 3. The summed E-state index contributed by atoms with van der Waals surface area (Å²) in [6.45, 7) is 10.2. The van der Waals surface area contributed by atoms with Gasteiger partial charge in [-0.2, -0.15) is 0 Å². The van der Waals surface area contributed by atoms with E-state index in [0.717, 1.165) is 21.9 Å². The second-order valence-corrected chi connectivity index (χ2v) is 7.54.